The summed E-state index contributed by atoms with van der Waals surface area (Å²) < 4.78 is 18.5. The van der Waals surface area contributed by atoms with Crippen LogP contribution in [-0.2, 0) is 19.4 Å². The highest BCUT2D eigenvalue weighted by Crippen LogP contribution is 2.39. The maximum atomic E-state index is 14.1. The van der Waals surface area contributed by atoms with Crippen molar-refractivity contribution in [1.82, 2.24) is 0 Å². The fraction of sp³-hybridized carbons (Fsp3) is 0.469. The van der Waals surface area contributed by atoms with Gasteiger partial charge < -0.3 is 24.1 Å². The Hall–Kier alpha value is -2.29. The lowest BCUT2D eigenvalue weighted by Crippen LogP contribution is -2.11. The van der Waals surface area contributed by atoms with E-state index in [1.165, 1.54) is 0 Å². The van der Waals surface area contributed by atoms with Crippen molar-refractivity contribution in [2.24, 2.45) is 0 Å². The van der Waals surface area contributed by atoms with Crippen LogP contribution >= 0.6 is 31.9 Å². The molecule has 1 aromatic heterocycles. The average Bonchev–Trinajstić information content (AvgIpc) is 2.91. The molecule has 6 nitrogen and oxygen atoms in total. The highest BCUT2D eigenvalue weighted by atomic mass is 79.9. The first-order chi connectivity index (χ1) is 19.2. The molecular weight excluding hydrogens is 640 g/mol. The molecule has 0 aliphatic carbocycles. The molecule has 0 radical (unpaired) electrons. The van der Waals surface area contributed by atoms with Gasteiger partial charge in [0.2, 0.25) is 5.43 Å². The number of hydrogen-bond donors (Lipinski definition) is 2. The zero-order valence-corrected chi connectivity index (χ0v) is 27.0. The summed E-state index contributed by atoms with van der Waals surface area (Å²) in [5, 5.41) is 24.1. The molecule has 0 saturated heterocycles. The quantitative estimate of drug-likeness (QED) is 0.0728. The Morgan fingerprint density at radius 2 is 1.30 bits per heavy atom. The number of fused-ring (bicyclic) bond motifs is 2. The van der Waals surface area contributed by atoms with E-state index in [4.69, 9.17) is 13.9 Å². The summed E-state index contributed by atoms with van der Waals surface area (Å²) in [6.07, 6.45) is 8.46. The van der Waals surface area contributed by atoms with Crippen molar-refractivity contribution in [2.45, 2.75) is 72.8 Å². The fourth-order valence-corrected chi connectivity index (χ4v) is 5.28. The zero-order valence-electron chi connectivity index (χ0n) is 23.9. The first-order valence-electron chi connectivity index (χ1n) is 13.8. The minimum Gasteiger partial charge on any atom is -0.507 e. The van der Waals surface area contributed by atoms with Crippen LogP contribution in [0, 0.1) is 0 Å². The second kappa shape index (κ2) is 15.6. The summed E-state index contributed by atoms with van der Waals surface area (Å²) in [6, 6.07) is 3.40. The SMILES string of the molecule is CC(C)=CCc1c(OCCCCBr)cc2oc3cc(OCCCCBr)c(CO)c(CC=C(C)C)c3c(=O)c2c1O. The van der Waals surface area contributed by atoms with Crippen LogP contribution in [0.3, 0.4) is 0 Å². The van der Waals surface area contributed by atoms with E-state index in [9.17, 15) is 15.0 Å². The van der Waals surface area contributed by atoms with Crippen LogP contribution < -0.4 is 14.9 Å². The molecule has 0 fully saturated rings. The third-order valence-electron chi connectivity index (χ3n) is 6.63. The molecule has 2 aromatic carbocycles. The van der Waals surface area contributed by atoms with Crippen molar-refractivity contribution in [2.75, 3.05) is 23.9 Å². The summed E-state index contributed by atoms with van der Waals surface area (Å²) in [6.45, 7) is 8.62. The minimum atomic E-state index is -0.337. The van der Waals surface area contributed by atoms with Gasteiger partial charge in [-0.05, 0) is 71.8 Å². The van der Waals surface area contributed by atoms with E-state index in [0.717, 1.165) is 47.5 Å². The highest BCUT2D eigenvalue weighted by molar-refractivity contribution is 9.09. The number of benzene rings is 2. The fourth-order valence-electron chi connectivity index (χ4n) is 4.49. The van der Waals surface area contributed by atoms with Crippen molar-refractivity contribution in [3.05, 3.63) is 62.3 Å². The number of phenols is 1. The molecule has 0 saturated carbocycles. The topological polar surface area (TPSA) is 89.1 Å². The molecule has 8 heteroatoms. The van der Waals surface area contributed by atoms with E-state index in [0.29, 0.717) is 65.2 Å². The van der Waals surface area contributed by atoms with Crippen LogP contribution in [-0.4, -0.2) is 34.1 Å². The van der Waals surface area contributed by atoms with Gasteiger partial charge in [-0.15, -0.1) is 0 Å². The number of allylic oxidation sites excluding steroid dienone is 4. The molecule has 40 heavy (non-hydrogen) atoms. The van der Waals surface area contributed by atoms with E-state index in [1.54, 1.807) is 12.1 Å². The van der Waals surface area contributed by atoms with Crippen molar-refractivity contribution in [3.63, 3.8) is 0 Å². The number of ether oxygens (including phenoxy) is 2. The third kappa shape index (κ3) is 7.92. The lowest BCUT2D eigenvalue weighted by atomic mass is 9.95. The van der Waals surface area contributed by atoms with Gasteiger partial charge in [-0.2, -0.15) is 0 Å². The van der Waals surface area contributed by atoms with Crippen LogP contribution in [0.1, 0.15) is 70.1 Å². The minimum absolute atomic E-state index is 0.116. The van der Waals surface area contributed by atoms with Crippen molar-refractivity contribution >= 4 is 53.8 Å². The number of aromatic hydroxyl groups is 1. The normalized spacial score (nSPS) is 11.2. The Morgan fingerprint density at radius 1 is 0.800 bits per heavy atom. The van der Waals surface area contributed by atoms with E-state index in [-0.39, 0.29) is 28.8 Å². The van der Waals surface area contributed by atoms with Gasteiger partial charge >= 0.3 is 0 Å². The van der Waals surface area contributed by atoms with Crippen LogP contribution in [0.2, 0.25) is 0 Å². The maximum absolute atomic E-state index is 14.1. The van der Waals surface area contributed by atoms with Gasteiger partial charge in [-0.25, -0.2) is 0 Å². The van der Waals surface area contributed by atoms with E-state index in [2.05, 4.69) is 31.9 Å². The predicted octanol–water partition coefficient (Wildman–Crippen LogP) is 8.27. The maximum Gasteiger partial charge on any atom is 0.204 e. The van der Waals surface area contributed by atoms with Gasteiger partial charge in [0.05, 0.1) is 25.2 Å². The molecule has 0 spiro atoms. The molecule has 0 aliphatic rings. The van der Waals surface area contributed by atoms with Crippen LogP contribution in [0.15, 0.2) is 44.6 Å². The van der Waals surface area contributed by atoms with E-state index < -0.39 is 0 Å². The predicted molar refractivity (Wildman–Crippen MR) is 171 cm³/mol. The van der Waals surface area contributed by atoms with Crippen molar-refractivity contribution in [3.8, 4) is 17.2 Å². The Kier molecular flexibility index (Phi) is 12.6. The van der Waals surface area contributed by atoms with Crippen molar-refractivity contribution in [1.29, 1.82) is 0 Å². The molecule has 0 aliphatic heterocycles. The molecule has 218 valence electrons. The molecule has 1 heterocycles. The Bertz CT molecular complexity index is 1430. The van der Waals surface area contributed by atoms with Crippen LogP contribution in [0.25, 0.3) is 21.9 Å². The molecule has 0 unspecified atom stereocenters. The largest absolute Gasteiger partial charge is 0.507 e. The summed E-state index contributed by atoms with van der Waals surface area (Å²) >= 11 is 6.89. The number of halogens is 2. The van der Waals surface area contributed by atoms with Gasteiger partial charge in [0.25, 0.3) is 0 Å². The van der Waals surface area contributed by atoms with Gasteiger partial charge in [-0.3, -0.25) is 4.79 Å². The number of unbranched alkanes of at least 4 members (excludes halogenated alkanes) is 2. The summed E-state index contributed by atoms with van der Waals surface area (Å²) in [5.74, 6) is 0.873. The Morgan fingerprint density at radius 3 is 1.80 bits per heavy atom. The van der Waals surface area contributed by atoms with E-state index in [1.807, 2.05) is 39.8 Å². The lowest BCUT2D eigenvalue weighted by molar-refractivity contribution is 0.260. The summed E-state index contributed by atoms with van der Waals surface area (Å²) in [4.78, 5) is 14.1. The van der Waals surface area contributed by atoms with Gasteiger partial charge in [0.15, 0.2) is 0 Å². The second-order valence-corrected chi connectivity index (χ2v) is 11.9. The summed E-state index contributed by atoms with van der Waals surface area (Å²) in [5.41, 5.74) is 4.20. The third-order valence-corrected chi connectivity index (χ3v) is 7.75. The second-order valence-electron chi connectivity index (χ2n) is 10.3. The summed E-state index contributed by atoms with van der Waals surface area (Å²) in [7, 11) is 0. The molecular formula is C32H40Br2O6. The highest BCUT2D eigenvalue weighted by Gasteiger charge is 2.23. The number of aliphatic hydroxyl groups excluding tert-OH is 1. The number of rotatable bonds is 15. The molecule has 2 N–H and O–H groups in total. The number of hydrogen-bond acceptors (Lipinski definition) is 6. The molecule has 0 bridgehead atoms. The van der Waals surface area contributed by atoms with Gasteiger partial charge in [0, 0.05) is 33.9 Å². The number of aliphatic hydroxyl groups is 1. The average molecular weight is 680 g/mol. The number of phenolic OH excluding ortho intramolecular Hbond substituents is 1. The molecule has 0 amide bonds. The van der Waals surface area contributed by atoms with Crippen molar-refractivity contribution < 1.29 is 24.1 Å². The molecule has 3 aromatic rings. The first-order valence-corrected chi connectivity index (χ1v) is 16.0. The van der Waals surface area contributed by atoms with Crippen LogP contribution in [0.5, 0.6) is 17.2 Å². The standard InChI is InChI=1S/C32H40Br2O6/c1-20(2)9-11-22-24(19-35)26(39-16-8-6-14-34)18-27-29(22)32(37)30-28(40-27)17-25(38-15-7-5-13-33)23(31(30)36)12-10-21(3)4/h9-10,17-18,35-36H,5-8,11-16,19H2,1-4H3. The van der Waals surface area contributed by atoms with Gasteiger partial charge in [-0.1, -0.05) is 55.2 Å². The van der Waals surface area contributed by atoms with Crippen LogP contribution in [0.4, 0.5) is 0 Å². The zero-order chi connectivity index (χ0) is 29.2. The smallest absolute Gasteiger partial charge is 0.204 e. The first kappa shape index (κ1) is 32.2. The number of alkyl halides is 2. The van der Waals surface area contributed by atoms with Gasteiger partial charge in [0.1, 0.15) is 33.8 Å². The lowest BCUT2D eigenvalue weighted by Gasteiger charge is -2.18. The monoisotopic (exact) mass is 678 g/mol. The molecule has 0 atom stereocenters. The molecule has 3 rings (SSSR count). The Labute approximate surface area is 253 Å². The Balaban J connectivity index is 2.31. The van der Waals surface area contributed by atoms with E-state index >= 15 is 0 Å².